The highest BCUT2D eigenvalue weighted by Gasteiger charge is 2.02. The lowest BCUT2D eigenvalue weighted by molar-refractivity contribution is 0.251. The number of carbonyl (C=O) groups excluding carboxylic acids is 1. The number of nitrogens with one attached hydrogen (secondary N) is 2. The molecule has 2 amide bonds. The first-order valence-electron chi connectivity index (χ1n) is 5.59. The van der Waals surface area contributed by atoms with E-state index in [0.717, 1.165) is 15.7 Å². The number of benzene rings is 2. The summed E-state index contributed by atoms with van der Waals surface area (Å²) in [5, 5.41) is 5.57. The minimum atomic E-state index is -0.211. The maximum atomic E-state index is 11.7. The molecular weight excluding hydrogens is 292 g/mol. The van der Waals surface area contributed by atoms with Crippen molar-refractivity contribution in [2.45, 2.75) is 6.54 Å². The van der Waals surface area contributed by atoms with Gasteiger partial charge in [0.1, 0.15) is 0 Å². The van der Waals surface area contributed by atoms with Crippen molar-refractivity contribution in [3.05, 3.63) is 64.6 Å². The van der Waals surface area contributed by atoms with Crippen LogP contribution in [0, 0.1) is 0 Å². The van der Waals surface area contributed by atoms with Crippen molar-refractivity contribution >= 4 is 27.6 Å². The number of anilines is 1. The van der Waals surface area contributed by atoms with Gasteiger partial charge in [0.25, 0.3) is 0 Å². The highest BCUT2D eigenvalue weighted by molar-refractivity contribution is 9.10. The van der Waals surface area contributed by atoms with E-state index in [1.54, 1.807) is 0 Å². The Morgan fingerprint density at radius 3 is 2.39 bits per heavy atom. The smallest absolute Gasteiger partial charge is 0.319 e. The zero-order chi connectivity index (χ0) is 12.8. The van der Waals surface area contributed by atoms with E-state index < -0.39 is 0 Å². The van der Waals surface area contributed by atoms with Crippen LogP contribution in [0.5, 0.6) is 0 Å². The molecule has 18 heavy (non-hydrogen) atoms. The number of halogens is 1. The van der Waals surface area contributed by atoms with E-state index in [1.807, 2.05) is 54.6 Å². The minimum Gasteiger partial charge on any atom is -0.334 e. The van der Waals surface area contributed by atoms with Crippen molar-refractivity contribution in [1.29, 1.82) is 0 Å². The SMILES string of the molecule is O=C(NCc1ccccc1Br)Nc1ccccc1. The molecule has 2 aromatic rings. The lowest BCUT2D eigenvalue weighted by Crippen LogP contribution is -2.28. The molecule has 2 aromatic carbocycles. The Hall–Kier alpha value is -1.81. The molecule has 0 spiro atoms. The molecule has 3 nitrogen and oxygen atoms in total. The van der Waals surface area contributed by atoms with Gasteiger partial charge in [-0.25, -0.2) is 4.79 Å². The topological polar surface area (TPSA) is 41.1 Å². The summed E-state index contributed by atoms with van der Waals surface area (Å²) in [4.78, 5) is 11.7. The number of urea groups is 1. The zero-order valence-corrected chi connectivity index (χ0v) is 11.3. The monoisotopic (exact) mass is 304 g/mol. The third-order valence-electron chi connectivity index (χ3n) is 2.43. The third kappa shape index (κ3) is 3.60. The molecule has 0 fully saturated rings. The first-order valence-corrected chi connectivity index (χ1v) is 6.38. The van der Waals surface area contributed by atoms with Gasteiger partial charge in [-0.2, -0.15) is 0 Å². The van der Waals surface area contributed by atoms with Crippen LogP contribution < -0.4 is 10.6 Å². The highest BCUT2D eigenvalue weighted by atomic mass is 79.9. The van der Waals surface area contributed by atoms with Crippen LogP contribution in [0.15, 0.2) is 59.1 Å². The van der Waals surface area contributed by atoms with Crippen LogP contribution in [0.3, 0.4) is 0 Å². The van der Waals surface area contributed by atoms with Crippen molar-refractivity contribution in [2.24, 2.45) is 0 Å². The second-order valence-electron chi connectivity index (χ2n) is 3.77. The summed E-state index contributed by atoms with van der Waals surface area (Å²) in [6.45, 7) is 0.486. The fraction of sp³-hybridized carbons (Fsp3) is 0.0714. The Balaban J connectivity index is 1.88. The molecule has 0 saturated heterocycles. The van der Waals surface area contributed by atoms with Gasteiger partial charge >= 0.3 is 6.03 Å². The van der Waals surface area contributed by atoms with E-state index in [1.165, 1.54) is 0 Å². The summed E-state index contributed by atoms with van der Waals surface area (Å²) in [5.41, 5.74) is 1.82. The van der Waals surface area contributed by atoms with E-state index in [9.17, 15) is 4.79 Å². The Morgan fingerprint density at radius 1 is 1.00 bits per heavy atom. The Bertz CT molecular complexity index is 528. The van der Waals surface area contributed by atoms with Crippen LogP contribution in [0.1, 0.15) is 5.56 Å². The first-order chi connectivity index (χ1) is 8.75. The average molecular weight is 305 g/mol. The van der Waals surface area contributed by atoms with Crippen molar-refractivity contribution in [3.63, 3.8) is 0 Å². The molecule has 0 heterocycles. The molecule has 0 bridgehead atoms. The minimum absolute atomic E-state index is 0.211. The fourth-order valence-corrected chi connectivity index (χ4v) is 1.94. The van der Waals surface area contributed by atoms with Gasteiger partial charge in [0.05, 0.1) is 0 Å². The number of rotatable bonds is 3. The van der Waals surface area contributed by atoms with Crippen molar-refractivity contribution in [2.75, 3.05) is 5.32 Å². The number of amides is 2. The summed E-state index contributed by atoms with van der Waals surface area (Å²) in [6, 6.07) is 16.9. The maximum absolute atomic E-state index is 11.7. The number of hydrogen-bond donors (Lipinski definition) is 2. The van der Waals surface area contributed by atoms with Crippen LogP contribution in [0.25, 0.3) is 0 Å². The van der Waals surface area contributed by atoms with Crippen LogP contribution >= 0.6 is 15.9 Å². The van der Waals surface area contributed by atoms with E-state index in [4.69, 9.17) is 0 Å². The molecule has 0 unspecified atom stereocenters. The summed E-state index contributed by atoms with van der Waals surface area (Å²) in [5.74, 6) is 0. The molecule has 2 N–H and O–H groups in total. The molecule has 0 saturated carbocycles. The predicted octanol–water partition coefficient (Wildman–Crippen LogP) is 3.77. The predicted molar refractivity (Wildman–Crippen MR) is 76.4 cm³/mol. The second-order valence-corrected chi connectivity index (χ2v) is 4.62. The molecule has 0 aliphatic carbocycles. The number of carbonyl (C=O) groups is 1. The van der Waals surface area contributed by atoms with Gasteiger partial charge in [-0.05, 0) is 23.8 Å². The lowest BCUT2D eigenvalue weighted by atomic mass is 10.2. The quantitative estimate of drug-likeness (QED) is 0.890. The highest BCUT2D eigenvalue weighted by Crippen LogP contribution is 2.15. The maximum Gasteiger partial charge on any atom is 0.319 e. The fourth-order valence-electron chi connectivity index (χ4n) is 1.51. The molecule has 0 radical (unpaired) electrons. The molecule has 4 heteroatoms. The van der Waals surface area contributed by atoms with Crippen LogP contribution in [-0.4, -0.2) is 6.03 Å². The van der Waals surface area contributed by atoms with Crippen molar-refractivity contribution in [3.8, 4) is 0 Å². The summed E-state index contributed by atoms with van der Waals surface area (Å²) < 4.78 is 0.991. The van der Waals surface area contributed by atoms with E-state index in [2.05, 4.69) is 26.6 Å². The van der Waals surface area contributed by atoms with Crippen LogP contribution in [0.4, 0.5) is 10.5 Å². The first kappa shape index (κ1) is 12.6. The van der Waals surface area contributed by atoms with E-state index in [-0.39, 0.29) is 6.03 Å². The van der Waals surface area contributed by atoms with Gasteiger partial charge in [0.2, 0.25) is 0 Å². The molecular formula is C14H13BrN2O. The third-order valence-corrected chi connectivity index (χ3v) is 3.20. The van der Waals surface area contributed by atoms with Crippen molar-refractivity contribution < 1.29 is 4.79 Å². The van der Waals surface area contributed by atoms with Gasteiger partial charge in [-0.3, -0.25) is 0 Å². The molecule has 92 valence electrons. The van der Waals surface area contributed by atoms with Gasteiger partial charge in [0.15, 0.2) is 0 Å². The van der Waals surface area contributed by atoms with Crippen molar-refractivity contribution in [1.82, 2.24) is 5.32 Å². The number of hydrogen-bond acceptors (Lipinski definition) is 1. The molecule has 0 aliphatic heterocycles. The second kappa shape index (κ2) is 6.21. The molecule has 2 rings (SSSR count). The standard InChI is InChI=1S/C14H13BrN2O/c15-13-9-5-4-6-11(13)10-16-14(18)17-12-7-2-1-3-8-12/h1-9H,10H2,(H2,16,17,18). The largest absolute Gasteiger partial charge is 0.334 e. The normalized spacial score (nSPS) is 9.83. The zero-order valence-electron chi connectivity index (χ0n) is 9.69. The van der Waals surface area contributed by atoms with Crippen LogP contribution in [-0.2, 0) is 6.54 Å². The molecule has 0 aliphatic rings. The molecule has 0 atom stereocenters. The lowest BCUT2D eigenvalue weighted by Gasteiger charge is -2.08. The number of para-hydroxylation sites is 1. The summed E-state index contributed by atoms with van der Waals surface area (Å²) in [6.07, 6.45) is 0. The Morgan fingerprint density at radius 2 is 1.67 bits per heavy atom. The van der Waals surface area contributed by atoms with Gasteiger partial charge < -0.3 is 10.6 Å². The van der Waals surface area contributed by atoms with Crippen LogP contribution in [0.2, 0.25) is 0 Å². The van der Waals surface area contributed by atoms with Gasteiger partial charge in [-0.1, -0.05) is 52.3 Å². The summed E-state index contributed by atoms with van der Waals surface area (Å²) in [7, 11) is 0. The Labute approximate surface area is 114 Å². The average Bonchev–Trinajstić information content (AvgIpc) is 2.39. The van der Waals surface area contributed by atoms with E-state index in [0.29, 0.717) is 6.54 Å². The molecule has 0 aromatic heterocycles. The van der Waals surface area contributed by atoms with Gasteiger partial charge in [-0.15, -0.1) is 0 Å². The van der Waals surface area contributed by atoms with Gasteiger partial charge in [0, 0.05) is 16.7 Å². The van der Waals surface area contributed by atoms with E-state index >= 15 is 0 Å². The Kier molecular flexibility index (Phi) is 4.36. The summed E-state index contributed by atoms with van der Waals surface area (Å²) >= 11 is 3.44.